The van der Waals surface area contributed by atoms with Gasteiger partial charge in [0.15, 0.2) is 0 Å². The molecule has 30 heavy (non-hydrogen) atoms. The lowest BCUT2D eigenvalue weighted by atomic mass is 9.88. The monoisotopic (exact) mass is 401 g/mol. The van der Waals surface area contributed by atoms with Crippen molar-refractivity contribution in [3.05, 3.63) is 101 Å². The van der Waals surface area contributed by atoms with Crippen molar-refractivity contribution >= 4 is 5.97 Å². The number of methoxy groups -OCH3 is 1. The van der Waals surface area contributed by atoms with Crippen LogP contribution >= 0.6 is 0 Å². The van der Waals surface area contributed by atoms with Gasteiger partial charge in [-0.2, -0.15) is 0 Å². The summed E-state index contributed by atoms with van der Waals surface area (Å²) in [5, 5.41) is 0. The first-order valence-corrected chi connectivity index (χ1v) is 10.4. The van der Waals surface area contributed by atoms with Crippen molar-refractivity contribution in [3.8, 4) is 5.75 Å². The lowest BCUT2D eigenvalue weighted by molar-refractivity contribution is -0.151. The minimum atomic E-state index is -0.366. The molecule has 1 heterocycles. The molecule has 0 radical (unpaired) electrons. The number of hydrogen-bond acceptors (Lipinski definition) is 4. The molecule has 3 aromatic rings. The lowest BCUT2D eigenvalue weighted by Gasteiger charge is -2.41. The maximum absolute atomic E-state index is 13.0. The molecule has 4 rings (SSSR count). The number of rotatable bonds is 6. The molecule has 0 amide bonds. The van der Waals surface area contributed by atoms with Gasteiger partial charge in [-0.3, -0.25) is 9.69 Å². The van der Waals surface area contributed by atoms with Crippen LogP contribution in [-0.2, 0) is 22.5 Å². The van der Waals surface area contributed by atoms with E-state index in [4.69, 9.17) is 9.47 Å². The van der Waals surface area contributed by atoms with Gasteiger partial charge in [-0.15, -0.1) is 0 Å². The smallest absolute Gasteiger partial charge is 0.323 e. The van der Waals surface area contributed by atoms with Crippen molar-refractivity contribution in [2.45, 2.75) is 32.0 Å². The summed E-state index contributed by atoms with van der Waals surface area (Å²) in [6, 6.07) is 26.3. The van der Waals surface area contributed by atoms with E-state index in [0.29, 0.717) is 19.6 Å². The number of nitrogens with zero attached hydrogens (tertiary/aromatic N) is 1. The zero-order chi connectivity index (χ0) is 20.9. The van der Waals surface area contributed by atoms with E-state index in [0.717, 1.165) is 28.0 Å². The van der Waals surface area contributed by atoms with E-state index >= 15 is 0 Å². The van der Waals surface area contributed by atoms with Gasteiger partial charge in [-0.05, 0) is 36.1 Å². The first-order chi connectivity index (χ1) is 14.7. The van der Waals surface area contributed by atoms with Gasteiger partial charge < -0.3 is 9.47 Å². The Kier molecular flexibility index (Phi) is 6.15. The first kappa shape index (κ1) is 20.2. The van der Waals surface area contributed by atoms with Gasteiger partial charge in [0.25, 0.3) is 0 Å². The molecule has 1 aliphatic heterocycles. The van der Waals surface area contributed by atoms with Crippen LogP contribution in [-0.4, -0.2) is 30.6 Å². The predicted molar refractivity (Wildman–Crippen MR) is 117 cm³/mol. The Morgan fingerprint density at radius 3 is 2.17 bits per heavy atom. The second-order valence-corrected chi connectivity index (χ2v) is 7.47. The summed E-state index contributed by atoms with van der Waals surface area (Å²) in [5.74, 6) is 0.683. The van der Waals surface area contributed by atoms with Crippen LogP contribution in [0.1, 0.15) is 35.2 Å². The number of carbonyl (C=O) groups excluding carboxylic acids is 1. The molecular formula is C26H27NO3. The molecule has 1 unspecified atom stereocenters. The molecule has 3 aromatic carbocycles. The molecule has 0 bridgehead atoms. The van der Waals surface area contributed by atoms with Crippen molar-refractivity contribution in [2.24, 2.45) is 0 Å². The highest BCUT2D eigenvalue weighted by atomic mass is 16.5. The van der Waals surface area contributed by atoms with E-state index < -0.39 is 0 Å². The third-order valence-corrected chi connectivity index (χ3v) is 5.73. The number of esters is 1. The number of ether oxygens (including phenoxy) is 2. The molecule has 0 saturated heterocycles. The van der Waals surface area contributed by atoms with Gasteiger partial charge in [0.05, 0.1) is 19.8 Å². The molecule has 4 nitrogen and oxygen atoms in total. The normalized spacial score (nSPS) is 16.2. The topological polar surface area (TPSA) is 38.8 Å². The minimum Gasteiger partial charge on any atom is -0.496 e. The molecule has 4 heteroatoms. The summed E-state index contributed by atoms with van der Waals surface area (Å²) in [5.41, 5.74) is 4.58. The number of hydrogen-bond donors (Lipinski definition) is 0. The predicted octanol–water partition coefficient (Wildman–Crippen LogP) is 4.77. The third kappa shape index (κ3) is 3.96. The van der Waals surface area contributed by atoms with Crippen molar-refractivity contribution in [1.29, 1.82) is 0 Å². The largest absolute Gasteiger partial charge is 0.496 e. The van der Waals surface area contributed by atoms with Crippen molar-refractivity contribution in [2.75, 3.05) is 13.7 Å². The van der Waals surface area contributed by atoms with Crippen molar-refractivity contribution < 1.29 is 14.3 Å². The summed E-state index contributed by atoms with van der Waals surface area (Å²) in [4.78, 5) is 15.3. The van der Waals surface area contributed by atoms with Crippen LogP contribution in [0.15, 0.2) is 78.9 Å². The average Bonchev–Trinajstić information content (AvgIpc) is 2.80. The fraction of sp³-hybridized carbons (Fsp3) is 0.269. The number of benzene rings is 3. The fourth-order valence-corrected chi connectivity index (χ4v) is 4.37. The van der Waals surface area contributed by atoms with E-state index in [-0.39, 0.29) is 18.1 Å². The molecule has 0 fully saturated rings. The molecular weight excluding hydrogens is 374 g/mol. The first-order valence-electron chi connectivity index (χ1n) is 10.4. The fourth-order valence-electron chi connectivity index (χ4n) is 4.37. The van der Waals surface area contributed by atoms with Gasteiger partial charge in [0, 0.05) is 12.1 Å². The van der Waals surface area contributed by atoms with Crippen LogP contribution in [0.2, 0.25) is 0 Å². The maximum Gasteiger partial charge on any atom is 0.323 e. The van der Waals surface area contributed by atoms with Crippen molar-refractivity contribution in [3.63, 3.8) is 0 Å². The lowest BCUT2D eigenvalue weighted by Crippen LogP contribution is -2.48. The van der Waals surface area contributed by atoms with E-state index in [9.17, 15) is 4.79 Å². The zero-order valence-corrected chi connectivity index (χ0v) is 17.5. The van der Waals surface area contributed by atoms with Gasteiger partial charge in [0.1, 0.15) is 11.8 Å². The Bertz CT molecular complexity index is 948. The molecule has 0 aliphatic carbocycles. The summed E-state index contributed by atoms with van der Waals surface area (Å²) in [7, 11) is 1.70. The Morgan fingerprint density at radius 2 is 1.60 bits per heavy atom. The number of carbonyl (C=O) groups is 1. The molecule has 0 spiro atoms. The van der Waals surface area contributed by atoms with Crippen LogP contribution in [0.25, 0.3) is 0 Å². The average molecular weight is 402 g/mol. The quantitative estimate of drug-likeness (QED) is 0.558. The van der Waals surface area contributed by atoms with Gasteiger partial charge in [-0.1, -0.05) is 72.8 Å². The zero-order valence-electron chi connectivity index (χ0n) is 17.5. The van der Waals surface area contributed by atoms with E-state index in [1.807, 2.05) is 55.5 Å². The third-order valence-electron chi connectivity index (χ3n) is 5.73. The Morgan fingerprint density at radius 1 is 0.967 bits per heavy atom. The second kappa shape index (κ2) is 9.14. The molecule has 154 valence electrons. The number of fused-ring (bicyclic) bond motifs is 1. The van der Waals surface area contributed by atoms with Crippen LogP contribution in [0, 0.1) is 0 Å². The molecule has 0 aromatic heterocycles. The summed E-state index contributed by atoms with van der Waals surface area (Å²) < 4.78 is 11.1. The molecule has 0 saturated carbocycles. The molecule has 1 atom stereocenters. The Balaban J connectivity index is 1.84. The van der Waals surface area contributed by atoms with E-state index in [2.05, 4.69) is 35.2 Å². The minimum absolute atomic E-state index is 0.0696. The Hall–Kier alpha value is -3.11. The standard InChI is InChI=1S/C26H27NO3/c1-3-30-26(28)23-17-21-15-10-16-24(29-2)22(21)18-27(23)25(19-11-6-4-7-12-19)20-13-8-5-9-14-20/h4-16,23,25H,3,17-18H2,1-2H3. The highest BCUT2D eigenvalue weighted by molar-refractivity contribution is 5.77. The summed E-state index contributed by atoms with van der Waals surface area (Å²) in [6.07, 6.45) is 0.599. The summed E-state index contributed by atoms with van der Waals surface area (Å²) in [6.45, 7) is 2.83. The van der Waals surface area contributed by atoms with Crippen LogP contribution in [0.4, 0.5) is 0 Å². The second-order valence-electron chi connectivity index (χ2n) is 7.47. The van der Waals surface area contributed by atoms with Crippen molar-refractivity contribution in [1.82, 2.24) is 4.90 Å². The maximum atomic E-state index is 13.0. The van der Waals surface area contributed by atoms with Crippen LogP contribution in [0.5, 0.6) is 5.75 Å². The Labute approximate surface area is 178 Å². The highest BCUT2D eigenvalue weighted by Gasteiger charge is 2.38. The highest BCUT2D eigenvalue weighted by Crippen LogP contribution is 2.39. The van der Waals surface area contributed by atoms with Gasteiger partial charge >= 0.3 is 5.97 Å². The molecule has 1 aliphatic rings. The van der Waals surface area contributed by atoms with E-state index in [1.54, 1.807) is 7.11 Å². The molecule has 0 N–H and O–H groups in total. The van der Waals surface area contributed by atoms with Gasteiger partial charge in [-0.25, -0.2) is 0 Å². The van der Waals surface area contributed by atoms with Gasteiger partial charge in [0.2, 0.25) is 0 Å². The SMILES string of the molecule is CCOC(=O)C1Cc2cccc(OC)c2CN1C(c1ccccc1)c1ccccc1. The van der Waals surface area contributed by atoms with E-state index in [1.165, 1.54) is 0 Å². The van der Waals surface area contributed by atoms with Crippen LogP contribution in [0.3, 0.4) is 0 Å². The van der Waals surface area contributed by atoms with Crippen LogP contribution < -0.4 is 4.74 Å². The summed E-state index contributed by atoms with van der Waals surface area (Å²) >= 11 is 0.